The summed E-state index contributed by atoms with van der Waals surface area (Å²) >= 11 is 0.893. The monoisotopic (exact) mass is 387 g/mol. The molecule has 1 atom stereocenters. The number of hydrogen-bond acceptors (Lipinski definition) is 6. The number of methoxy groups -OCH3 is 1. The molecular weight excluding hydrogens is 366 g/mol. The van der Waals surface area contributed by atoms with Gasteiger partial charge >= 0.3 is 11.9 Å². The number of benzene rings is 2. The van der Waals surface area contributed by atoms with E-state index >= 15 is 0 Å². The van der Waals surface area contributed by atoms with Crippen molar-refractivity contribution in [1.29, 1.82) is 0 Å². The molecule has 2 aromatic rings. The van der Waals surface area contributed by atoms with Crippen LogP contribution in [-0.2, 0) is 23.9 Å². The summed E-state index contributed by atoms with van der Waals surface area (Å²) in [6.07, 6.45) is 0. The van der Waals surface area contributed by atoms with Crippen molar-refractivity contribution in [3.8, 4) is 0 Å². The van der Waals surface area contributed by atoms with Gasteiger partial charge in [0.1, 0.15) is 0 Å². The average Bonchev–Trinajstić information content (AvgIpc) is 2.69. The number of hydrogen-bond donors (Lipinski definition) is 1. The smallest absolute Gasteiger partial charge is 0.358 e. The molecule has 0 aromatic heterocycles. The molecule has 142 valence electrons. The summed E-state index contributed by atoms with van der Waals surface area (Å²) < 4.78 is 9.49. The van der Waals surface area contributed by atoms with E-state index in [0.29, 0.717) is 0 Å². The van der Waals surface area contributed by atoms with Gasteiger partial charge in [0, 0.05) is 6.92 Å². The highest BCUT2D eigenvalue weighted by atomic mass is 32.2. The van der Waals surface area contributed by atoms with Crippen molar-refractivity contribution in [3.63, 3.8) is 0 Å². The Morgan fingerprint density at radius 2 is 1.48 bits per heavy atom. The van der Waals surface area contributed by atoms with E-state index in [0.717, 1.165) is 22.9 Å². The van der Waals surface area contributed by atoms with Crippen molar-refractivity contribution in [3.05, 3.63) is 71.8 Å². The van der Waals surface area contributed by atoms with Crippen LogP contribution in [0.2, 0.25) is 0 Å². The number of amides is 1. The van der Waals surface area contributed by atoms with Gasteiger partial charge in [0.15, 0.2) is 0 Å². The Hall–Kier alpha value is -2.80. The van der Waals surface area contributed by atoms with Crippen LogP contribution in [0.4, 0.5) is 0 Å². The average molecular weight is 387 g/mol. The Labute approximate surface area is 162 Å². The van der Waals surface area contributed by atoms with Gasteiger partial charge in [0.2, 0.25) is 11.3 Å². The van der Waals surface area contributed by atoms with Crippen LogP contribution in [0.25, 0.3) is 0 Å². The van der Waals surface area contributed by atoms with E-state index in [4.69, 9.17) is 4.74 Å². The van der Waals surface area contributed by atoms with Crippen LogP contribution < -0.4 is 5.32 Å². The van der Waals surface area contributed by atoms with Crippen LogP contribution in [0.15, 0.2) is 60.7 Å². The molecule has 27 heavy (non-hydrogen) atoms. The second-order valence-electron chi connectivity index (χ2n) is 5.60. The molecule has 2 aromatic carbocycles. The zero-order valence-electron chi connectivity index (χ0n) is 15.1. The van der Waals surface area contributed by atoms with E-state index in [9.17, 15) is 14.4 Å². The van der Waals surface area contributed by atoms with Gasteiger partial charge < -0.3 is 14.8 Å². The Morgan fingerprint density at radius 1 is 0.963 bits per heavy atom. The van der Waals surface area contributed by atoms with Crippen LogP contribution in [-0.4, -0.2) is 36.1 Å². The predicted molar refractivity (Wildman–Crippen MR) is 103 cm³/mol. The molecule has 0 spiro atoms. The van der Waals surface area contributed by atoms with Crippen molar-refractivity contribution >= 4 is 29.6 Å². The molecule has 0 bridgehead atoms. The van der Waals surface area contributed by atoms with Gasteiger partial charge in [0.05, 0.1) is 18.9 Å². The van der Waals surface area contributed by atoms with E-state index in [-0.39, 0.29) is 17.7 Å². The molecule has 0 heterocycles. The van der Waals surface area contributed by atoms with E-state index in [1.807, 2.05) is 60.7 Å². The first-order chi connectivity index (χ1) is 13.0. The third-order valence-corrected chi connectivity index (χ3v) is 4.62. The molecular formula is C20H21NO5S. The Morgan fingerprint density at radius 3 is 1.93 bits per heavy atom. The molecule has 6 nitrogen and oxygen atoms in total. The summed E-state index contributed by atoms with van der Waals surface area (Å²) in [4.78, 5) is 35.3. The number of carbonyl (C=O) groups is 3. The third-order valence-electron chi connectivity index (χ3n) is 3.60. The third kappa shape index (κ3) is 6.45. The van der Waals surface area contributed by atoms with Gasteiger partial charge in [-0.05, 0) is 11.1 Å². The maximum Gasteiger partial charge on any atom is 0.358 e. The predicted octanol–water partition coefficient (Wildman–Crippen LogP) is 2.69. The van der Waals surface area contributed by atoms with Crippen molar-refractivity contribution in [1.82, 2.24) is 5.32 Å². The lowest BCUT2D eigenvalue weighted by Crippen LogP contribution is -2.33. The first-order valence-corrected chi connectivity index (χ1v) is 9.32. The molecule has 2 rings (SSSR count). The van der Waals surface area contributed by atoms with Crippen LogP contribution in [0.3, 0.4) is 0 Å². The highest BCUT2D eigenvalue weighted by molar-refractivity contribution is 8.01. The second-order valence-corrected chi connectivity index (χ2v) is 6.65. The minimum atomic E-state index is -1.18. The Bertz CT molecular complexity index is 727. The molecule has 1 amide bonds. The Kier molecular flexibility index (Phi) is 7.88. The van der Waals surface area contributed by atoms with Crippen molar-refractivity contribution in [2.24, 2.45) is 0 Å². The van der Waals surface area contributed by atoms with Crippen molar-refractivity contribution in [2.75, 3.05) is 12.9 Å². The molecule has 7 heteroatoms. The van der Waals surface area contributed by atoms with Gasteiger partial charge in [-0.3, -0.25) is 9.59 Å². The van der Waals surface area contributed by atoms with Crippen molar-refractivity contribution in [2.45, 2.75) is 18.4 Å². The SMILES string of the molecule is COC(=O)C(OC(C)=O)SCC(=O)NC(c1ccccc1)c1ccccc1. The number of rotatable bonds is 8. The minimum absolute atomic E-state index is 0.0663. The first-order valence-electron chi connectivity index (χ1n) is 8.27. The molecule has 0 saturated heterocycles. The number of esters is 2. The fourth-order valence-corrected chi connectivity index (χ4v) is 3.22. The summed E-state index contributed by atoms with van der Waals surface area (Å²) in [5, 5.41) is 2.96. The maximum atomic E-state index is 12.5. The van der Waals surface area contributed by atoms with E-state index < -0.39 is 17.4 Å². The quantitative estimate of drug-likeness (QED) is 0.554. The molecule has 0 aliphatic heterocycles. The molecule has 1 N–H and O–H groups in total. The summed E-state index contributed by atoms with van der Waals surface area (Å²) in [6.45, 7) is 1.19. The summed E-state index contributed by atoms with van der Waals surface area (Å²) in [5.41, 5.74) is 0.697. The second kappa shape index (κ2) is 10.4. The highest BCUT2D eigenvalue weighted by Crippen LogP contribution is 2.22. The molecule has 0 radical (unpaired) electrons. The first kappa shape index (κ1) is 20.5. The van der Waals surface area contributed by atoms with Gasteiger partial charge in [-0.15, -0.1) is 0 Å². The van der Waals surface area contributed by atoms with E-state index in [1.165, 1.54) is 14.0 Å². The lowest BCUT2D eigenvalue weighted by Gasteiger charge is -2.20. The highest BCUT2D eigenvalue weighted by Gasteiger charge is 2.25. The number of thioether (sulfide) groups is 1. The summed E-state index contributed by atoms with van der Waals surface area (Å²) in [6, 6.07) is 18.8. The maximum absolute atomic E-state index is 12.5. The normalized spacial score (nSPS) is 11.5. The topological polar surface area (TPSA) is 81.7 Å². The van der Waals surface area contributed by atoms with Gasteiger partial charge in [-0.2, -0.15) is 0 Å². The zero-order valence-corrected chi connectivity index (χ0v) is 15.9. The lowest BCUT2D eigenvalue weighted by molar-refractivity contribution is -0.158. The molecule has 1 unspecified atom stereocenters. The number of ether oxygens (including phenoxy) is 2. The lowest BCUT2D eigenvalue weighted by atomic mass is 9.99. The number of nitrogens with one attached hydrogen (secondary N) is 1. The fraction of sp³-hybridized carbons (Fsp3) is 0.250. The summed E-state index contributed by atoms with van der Waals surface area (Å²) in [7, 11) is 1.19. The van der Waals surface area contributed by atoms with Crippen molar-refractivity contribution < 1.29 is 23.9 Å². The molecule has 0 saturated carbocycles. The molecule has 0 fully saturated rings. The Balaban J connectivity index is 2.07. The van der Waals surface area contributed by atoms with E-state index in [1.54, 1.807) is 0 Å². The van der Waals surface area contributed by atoms with Crippen LogP contribution in [0, 0.1) is 0 Å². The molecule has 0 aliphatic rings. The minimum Gasteiger partial charge on any atom is -0.466 e. The summed E-state index contributed by atoms with van der Waals surface area (Å²) in [5.74, 6) is -1.70. The zero-order chi connectivity index (χ0) is 19.6. The number of carbonyl (C=O) groups excluding carboxylic acids is 3. The van der Waals surface area contributed by atoms with Crippen LogP contribution in [0.5, 0.6) is 0 Å². The standard InChI is InChI=1S/C20H21NO5S/c1-14(22)26-20(19(24)25-2)27-13-17(23)21-18(15-9-5-3-6-10-15)16-11-7-4-8-12-16/h3-12,18,20H,13H2,1-2H3,(H,21,23). The molecule has 0 aliphatic carbocycles. The fourth-order valence-electron chi connectivity index (χ4n) is 2.40. The van der Waals surface area contributed by atoms with Crippen LogP contribution in [0.1, 0.15) is 24.1 Å². The van der Waals surface area contributed by atoms with Gasteiger partial charge in [-0.1, -0.05) is 72.4 Å². The van der Waals surface area contributed by atoms with Crippen LogP contribution >= 0.6 is 11.8 Å². The van der Waals surface area contributed by atoms with E-state index in [2.05, 4.69) is 10.1 Å². The largest absolute Gasteiger partial charge is 0.466 e. The van der Waals surface area contributed by atoms with Gasteiger partial charge in [0.25, 0.3) is 0 Å². The van der Waals surface area contributed by atoms with Gasteiger partial charge in [-0.25, -0.2) is 4.79 Å².